The molecule has 0 spiro atoms. The van der Waals surface area contributed by atoms with Gasteiger partial charge in [0.2, 0.25) is 0 Å². The molecule has 0 aromatic carbocycles. The van der Waals surface area contributed by atoms with Crippen LogP contribution in [0.25, 0.3) is 0 Å². The molecule has 1 atom stereocenters. The van der Waals surface area contributed by atoms with Crippen LogP contribution in [0.4, 0.5) is 0 Å². The third-order valence-corrected chi connectivity index (χ3v) is 4.76. The Balaban J connectivity index is 3.34. The number of aliphatic hydroxyl groups excluding tert-OH is 1. The largest absolute Gasteiger partial charge is 0.480 e. The molecule has 0 aromatic rings. The molecule has 2 N–H and O–H groups in total. The second-order valence-corrected chi connectivity index (χ2v) is 6.70. The minimum Gasteiger partial charge on any atom is -0.480 e. The first kappa shape index (κ1) is 19.8. The van der Waals surface area contributed by atoms with Gasteiger partial charge in [0, 0.05) is 5.75 Å². The Morgan fingerprint density at radius 3 is 1.90 bits per heavy atom. The van der Waals surface area contributed by atoms with Crippen LogP contribution < -0.4 is 0 Å². The van der Waals surface area contributed by atoms with Crippen LogP contribution in [0.15, 0.2) is 0 Å². The number of aliphatic hydroxyl groups is 1. The fourth-order valence-electron chi connectivity index (χ4n) is 2.29. The molecule has 4 heteroatoms. The smallest absolute Gasteiger partial charge is 0.316 e. The molecule has 0 saturated carbocycles. The Bertz CT molecular complexity index is 222. The first-order chi connectivity index (χ1) is 9.72. The lowest BCUT2D eigenvalue weighted by atomic mass is 10.1. The third kappa shape index (κ3) is 12.8. The molecule has 0 radical (unpaired) electrons. The quantitative estimate of drug-likeness (QED) is 0.438. The lowest BCUT2D eigenvalue weighted by Crippen LogP contribution is -2.17. The van der Waals surface area contributed by atoms with Gasteiger partial charge < -0.3 is 10.2 Å². The van der Waals surface area contributed by atoms with Gasteiger partial charge in [0.05, 0.1) is 6.61 Å². The minimum atomic E-state index is -0.737. The summed E-state index contributed by atoms with van der Waals surface area (Å²) < 4.78 is 0. The minimum absolute atomic E-state index is 0.0620. The zero-order valence-corrected chi connectivity index (χ0v) is 13.8. The van der Waals surface area contributed by atoms with E-state index in [2.05, 4.69) is 6.92 Å². The highest BCUT2D eigenvalue weighted by Crippen LogP contribution is 2.19. The van der Waals surface area contributed by atoms with Gasteiger partial charge in [0.25, 0.3) is 0 Å². The van der Waals surface area contributed by atoms with Crippen molar-refractivity contribution >= 4 is 17.7 Å². The van der Waals surface area contributed by atoms with Crippen molar-refractivity contribution in [2.45, 2.75) is 82.8 Å². The number of unbranched alkanes of at least 4 members (excludes halogenated alkanes) is 9. The molecule has 1 unspecified atom stereocenters. The number of carboxylic acids is 1. The van der Waals surface area contributed by atoms with E-state index in [0.29, 0.717) is 5.75 Å². The number of rotatable bonds is 15. The maximum absolute atomic E-state index is 11.0. The van der Waals surface area contributed by atoms with Crippen molar-refractivity contribution in [3.05, 3.63) is 0 Å². The van der Waals surface area contributed by atoms with E-state index in [4.69, 9.17) is 10.2 Å². The summed E-state index contributed by atoms with van der Waals surface area (Å²) in [4.78, 5) is 11.0. The maximum atomic E-state index is 11.0. The monoisotopic (exact) mass is 304 g/mol. The molecule has 0 amide bonds. The highest BCUT2D eigenvalue weighted by Gasteiger charge is 2.16. The Morgan fingerprint density at radius 2 is 1.45 bits per heavy atom. The number of hydrogen-bond acceptors (Lipinski definition) is 3. The van der Waals surface area contributed by atoms with Crippen LogP contribution >= 0.6 is 11.8 Å². The van der Waals surface area contributed by atoms with Crippen molar-refractivity contribution in [2.75, 3.05) is 12.4 Å². The van der Waals surface area contributed by atoms with Crippen molar-refractivity contribution in [2.24, 2.45) is 0 Å². The Morgan fingerprint density at radius 1 is 0.950 bits per heavy atom. The molecule has 0 aliphatic rings. The van der Waals surface area contributed by atoms with E-state index in [1.807, 2.05) is 0 Å². The fourth-order valence-corrected chi connectivity index (χ4v) is 3.16. The van der Waals surface area contributed by atoms with Crippen LogP contribution in [0.2, 0.25) is 0 Å². The first-order valence-electron chi connectivity index (χ1n) is 8.17. The average molecular weight is 304 g/mol. The van der Waals surface area contributed by atoms with Gasteiger partial charge in [-0.25, -0.2) is 0 Å². The SMILES string of the molecule is CCCCCCCCCCCCC(SCCO)C(=O)O. The Labute approximate surface area is 128 Å². The van der Waals surface area contributed by atoms with Gasteiger partial charge in [-0.1, -0.05) is 71.1 Å². The molecule has 0 heterocycles. The molecule has 20 heavy (non-hydrogen) atoms. The standard InChI is InChI=1S/C16H32O3S/c1-2-3-4-5-6-7-8-9-10-11-12-15(16(18)19)20-14-13-17/h15,17H,2-14H2,1H3,(H,18,19). The zero-order valence-electron chi connectivity index (χ0n) is 13.0. The summed E-state index contributed by atoms with van der Waals surface area (Å²) in [5, 5.41) is 17.4. The molecule has 0 aromatic heterocycles. The lowest BCUT2D eigenvalue weighted by Gasteiger charge is -2.10. The summed E-state index contributed by atoms with van der Waals surface area (Å²) in [6, 6.07) is 0. The summed E-state index contributed by atoms with van der Waals surface area (Å²) in [5.74, 6) is -0.214. The van der Waals surface area contributed by atoms with Gasteiger partial charge in [-0.2, -0.15) is 0 Å². The number of carbonyl (C=O) groups is 1. The van der Waals surface area contributed by atoms with E-state index in [1.165, 1.54) is 63.1 Å². The molecule has 0 fully saturated rings. The van der Waals surface area contributed by atoms with Crippen molar-refractivity contribution < 1.29 is 15.0 Å². The summed E-state index contributed by atoms with van der Waals surface area (Å²) >= 11 is 1.36. The van der Waals surface area contributed by atoms with Crippen LogP contribution in [-0.4, -0.2) is 33.8 Å². The Hall–Kier alpha value is -0.220. The van der Waals surface area contributed by atoms with Crippen LogP contribution in [-0.2, 0) is 4.79 Å². The molecule has 0 rings (SSSR count). The van der Waals surface area contributed by atoms with E-state index in [9.17, 15) is 4.79 Å². The molecule has 3 nitrogen and oxygen atoms in total. The van der Waals surface area contributed by atoms with Gasteiger partial charge >= 0.3 is 5.97 Å². The summed E-state index contributed by atoms with van der Waals surface area (Å²) in [6.07, 6.45) is 13.5. The predicted molar refractivity (Wildman–Crippen MR) is 87.4 cm³/mol. The van der Waals surface area contributed by atoms with Gasteiger partial charge in [0.15, 0.2) is 0 Å². The summed E-state index contributed by atoms with van der Waals surface area (Å²) in [6.45, 7) is 2.30. The van der Waals surface area contributed by atoms with E-state index >= 15 is 0 Å². The van der Waals surface area contributed by atoms with E-state index in [-0.39, 0.29) is 11.9 Å². The number of thioether (sulfide) groups is 1. The van der Waals surface area contributed by atoms with Crippen molar-refractivity contribution in [3.63, 3.8) is 0 Å². The van der Waals surface area contributed by atoms with E-state index in [1.54, 1.807) is 0 Å². The van der Waals surface area contributed by atoms with E-state index in [0.717, 1.165) is 19.3 Å². The molecule has 0 aliphatic heterocycles. The van der Waals surface area contributed by atoms with Crippen LogP contribution in [0, 0.1) is 0 Å². The molecular formula is C16H32O3S. The highest BCUT2D eigenvalue weighted by molar-refractivity contribution is 8.00. The maximum Gasteiger partial charge on any atom is 0.316 e. The highest BCUT2D eigenvalue weighted by atomic mass is 32.2. The molecule has 0 aliphatic carbocycles. The Kier molecular flexibility index (Phi) is 15.0. The van der Waals surface area contributed by atoms with Gasteiger partial charge in [-0.3, -0.25) is 4.79 Å². The molecular weight excluding hydrogens is 272 g/mol. The van der Waals surface area contributed by atoms with Gasteiger partial charge in [-0.05, 0) is 6.42 Å². The first-order valence-corrected chi connectivity index (χ1v) is 9.22. The zero-order chi connectivity index (χ0) is 15.1. The van der Waals surface area contributed by atoms with Gasteiger partial charge in [0.1, 0.15) is 5.25 Å². The average Bonchev–Trinajstić information content (AvgIpc) is 2.43. The van der Waals surface area contributed by atoms with Crippen molar-refractivity contribution in [3.8, 4) is 0 Å². The molecule has 0 saturated heterocycles. The van der Waals surface area contributed by atoms with Crippen LogP contribution in [0.5, 0.6) is 0 Å². The van der Waals surface area contributed by atoms with E-state index < -0.39 is 5.97 Å². The summed E-state index contributed by atoms with van der Waals surface area (Å²) in [7, 11) is 0. The van der Waals surface area contributed by atoms with Gasteiger partial charge in [-0.15, -0.1) is 11.8 Å². The number of carboxylic acid groups (broad SMARTS) is 1. The second-order valence-electron chi connectivity index (χ2n) is 5.39. The number of hydrogen-bond donors (Lipinski definition) is 2. The van der Waals surface area contributed by atoms with Crippen LogP contribution in [0.3, 0.4) is 0 Å². The lowest BCUT2D eigenvalue weighted by molar-refractivity contribution is -0.136. The second kappa shape index (κ2) is 15.2. The summed E-state index contributed by atoms with van der Waals surface area (Å²) in [5.41, 5.74) is 0. The molecule has 120 valence electrons. The topological polar surface area (TPSA) is 57.5 Å². The molecule has 0 bridgehead atoms. The number of aliphatic carboxylic acids is 1. The van der Waals surface area contributed by atoms with Crippen LogP contribution in [0.1, 0.15) is 77.6 Å². The predicted octanol–water partition coefficient (Wildman–Crippen LogP) is 4.48. The van der Waals surface area contributed by atoms with Crippen molar-refractivity contribution in [1.29, 1.82) is 0 Å². The fraction of sp³-hybridized carbons (Fsp3) is 0.938. The normalized spacial score (nSPS) is 12.5. The third-order valence-electron chi connectivity index (χ3n) is 3.51. The van der Waals surface area contributed by atoms with Crippen molar-refractivity contribution in [1.82, 2.24) is 0 Å².